The first-order chi connectivity index (χ1) is 7.33. The summed E-state index contributed by atoms with van der Waals surface area (Å²) in [4.78, 5) is 11.8. The lowest BCUT2D eigenvalue weighted by Crippen LogP contribution is -2.13. The van der Waals surface area contributed by atoms with E-state index in [9.17, 15) is 9.18 Å². The minimum atomic E-state index is -0.498. The van der Waals surface area contributed by atoms with Crippen molar-refractivity contribution in [2.45, 2.75) is 27.2 Å². The Morgan fingerprint density at radius 2 is 2.00 bits per heavy atom. The van der Waals surface area contributed by atoms with Gasteiger partial charge in [0.1, 0.15) is 0 Å². The highest BCUT2D eigenvalue weighted by Gasteiger charge is 2.18. The molecular formula is C13H17FO2. The molecule has 16 heavy (non-hydrogen) atoms. The molecule has 1 aromatic rings. The maximum Gasteiger partial charge on any atom is 0.165 e. The van der Waals surface area contributed by atoms with Gasteiger partial charge >= 0.3 is 0 Å². The zero-order valence-electron chi connectivity index (χ0n) is 10.1. The Kier molecular flexibility index (Phi) is 3.68. The molecule has 0 radical (unpaired) electrons. The molecule has 3 heteroatoms. The van der Waals surface area contributed by atoms with Gasteiger partial charge in [0.15, 0.2) is 17.3 Å². The highest BCUT2D eigenvalue weighted by Crippen LogP contribution is 2.24. The van der Waals surface area contributed by atoms with Crippen LogP contribution < -0.4 is 4.74 Å². The van der Waals surface area contributed by atoms with E-state index in [0.717, 1.165) is 0 Å². The van der Waals surface area contributed by atoms with Crippen molar-refractivity contribution in [1.82, 2.24) is 0 Å². The highest BCUT2D eigenvalue weighted by molar-refractivity contribution is 5.96. The molecule has 0 N–H and O–H groups in total. The van der Waals surface area contributed by atoms with Crippen molar-refractivity contribution < 1.29 is 13.9 Å². The van der Waals surface area contributed by atoms with Gasteiger partial charge in [-0.15, -0.1) is 0 Å². The molecule has 0 heterocycles. The van der Waals surface area contributed by atoms with E-state index in [1.807, 2.05) is 20.8 Å². The van der Waals surface area contributed by atoms with Gasteiger partial charge in [-0.25, -0.2) is 4.39 Å². The lowest BCUT2D eigenvalue weighted by atomic mass is 9.88. The summed E-state index contributed by atoms with van der Waals surface area (Å²) in [5, 5.41) is 0. The third-order valence-electron chi connectivity index (χ3n) is 2.16. The first-order valence-corrected chi connectivity index (χ1v) is 5.20. The van der Waals surface area contributed by atoms with Gasteiger partial charge in [0.05, 0.1) is 7.11 Å². The van der Waals surface area contributed by atoms with Crippen molar-refractivity contribution in [3.8, 4) is 5.75 Å². The van der Waals surface area contributed by atoms with Gasteiger partial charge in [0.2, 0.25) is 0 Å². The highest BCUT2D eigenvalue weighted by atomic mass is 19.1. The van der Waals surface area contributed by atoms with Crippen LogP contribution in [0.2, 0.25) is 0 Å². The zero-order chi connectivity index (χ0) is 12.3. The van der Waals surface area contributed by atoms with Gasteiger partial charge in [0.25, 0.3) is 0 Å². The summed E-state index contributed by atoms with van der Waals surface area (Å²) in [7, 11) is 1.40. The van der Waals surface area contributed by atoms with E-state index >= 15 is 0 Å². The number of hydrogen-bond acceptors (Lipinski definition) is 2. The number of ketones is 1. The number of hydrogen-bond donors (Lipinski definition) is 0. The minimum Gasteiger partial charge on any atom is -0.494 e. The van der Waals surface area contributed by atoms with Crippen molar-refractivity contribution in [3.05, 3.63) is 29.6 Å². The summed E-state index contributed by atoms with van der Waals surface area (Å²) in [6, 6.07) is 4.30. The first kappa shape index (κ1) is 12.7. The molecule has 0 aliphatic rings. The molecule has 0 bridgehead atoms. The summed E-state index contributed by atoms with van der Waals surface area (Å²) in [5.74, 6) is -0.386. The Hall–Kier alpha value is -1.38. The number of methoxy groups -OCH3 is 1. The largest absolute Gasteiger partial charge is 0.494 e. The molecule has 0 aliphatic carbocycles. The second-order valence-corrected chi connectivity index (χ2v) is 5.01. The molecule has 88 valence electrons. The fourth-order valence-electron chi connectivity index (χ4n) is 1.42. The summed E-state index contributed by atoms with van der Waals surface area (Å²) < 4.78 is 18.2. The summed E-state index contributed by atoms with van der Waals surface area (Å²) >= 11 is 0. The predicted molar refractivity (Wildman–Crippen MR) is 61.4 cm³/mol. The molecule has 1 rings (SSSR count). The first-order valence-electron chi connectivity index (χ1n) is 5.20. The molecule has 2 nitrogen and oxygen atoms in total. The number of carbonyl (C=O) groups is 1. The lowest BCUT2D eigenvalue weighted by molar-refractivity contribution is 0.0939. The van der Waals surface area contributed by atoms with Crippen molar-refractivity contribution >= 4 is 5.78 Å². The molecule has 0 spiro atoms. The Morgan fingerprint density at radius 1 is 1.38 bits per heavy atom. The monoisotopic (exact) mass is 224 g/mol. The van der Waals surface area contributed by atoms with Crippen LogP contribution in [0.1, 0.15) is 37.6 Å². The van der Waals surface area contributed by atoms with Crippen molar-refractivity contribution in [2.24, 2.45) is 5.41 Å². The van der Waals surface area contributed by atoms with E-state index in [0.29, 0.717) is 12.0 Å². The fourth-order valence-corrected chi connectivity index (χ4v) is 1.42. The van der Waals surface area contributed by atoms with Crippen LogP contribution in [0.3, 0.4) is 0 Å². The maximum absolute atomic E-state index is 13.4. The Bertz CT molecular complexity index is 391. The molecule has 0 fully saturated rings. The van der Waals surface area contributed by atoms with Crippen LogP contribution >= 0.6 is 0 Å². The number of carbonyl (C=O) groups excluding carboxylic acids is 1. The van der Waals surface area contributed by atoms with Crippen LogP contribution in [-0.4, -0.2) is 12.9 Å². The summed E-state index contributed by atoms with van der Waals surface area (Å²) in [6.07, 6.45) is 0.402. The number of Topliss-reactive ketones (excluding diaryl/α,β-unsaturated/α-hetero) is 1. The molecule has 1 aromatic carbocycles. The average molecular weight is 224 g/mol. The van der Waals surface area contributed by atoms with Crippen LogP contribution in [-0.2, 0) is 0 Å². The fraction of sp³-hybridized carbons (Fsp3) is 0.462. The quantitative estimate of drug-likeness (QED) is 0.735. The molecule has 0 saturated carbocycles. The van der Waals surface area contributed by atoms with E-state index in [-0.39, 0.29) is 16.9 Å². The van der Waals surface area contributed by atoms with Crippen LogP contribution in [0.15, 0.2) is 18.2 Å². The predicted octanol–water partition coefficient (Wildman–Crippen LogP) is 3.45. The Labute approximate surface area is 95.4 Å². The normalized spacial score (nSPS) is 11.3. The van der Waals surface area contributed by atoms with E-state index < -0.39 is 5.82 Å². The third kappa shape index (κ3) is 3.33. The van der Waals surface area contributed by atoms with E-state index in [4.69, 9.17) is 4.74 Å². The number of rotatable bonds is 3. The van der Waals surface area contributed by atoms with Crippen molar-refractivity contribution in [3.63, 3.8) is 0 Å². The molecule has 0 atom stereocenters. The van der Waals surface area contributed by atoms with Gasteiger partial charge in [-0.05, 0) is 23.6 Å². The number of halogens is 1. The smallest absolute Gasteiger partial charge is 0.165 e. The summed E-state index contributed by atoms with van der Waals surface area (Å²) in [6.45, 7) is 5.93. The van der Waals surface area contributed by atoms with Crippen LogP contribution in [0.25, 0.3) is 0 Å². The third-order valence-corrected chi connectivity index (χ3v) is 2.16. The van der Waals surface area contributed by atoms with E-state index in [2.05, 4.69) is 0 Å². The Balaban J connectivity index is 2.89. The van der Waals surface area contributed by atoms with Crippen molar-refractivity contribution in [2.75, 3.05) is 7.11 Å². The summed E-state index contributed by atoms with van der Waals surface area (Å²) in [5.41, 5.74) is 0.307. The molecule has 0 unspecified atom stereocenters. The standard InChI is InChI=1S/C13H17FO2/c1-13(2,3)8-11(15)9-5-6-12(16-4)10(14)7-9/h5-7H,8H2,1-4H3. The minimum absolute atomic E-state index is 0.0472. The van der Waals surface area contributed by atoms with Crippen LogP contribution in [0, 0.1) is 11.2 Å². The average Bonchev–Trinajstić information content (AvgIpc) is 2.15. The van der Waals surface area contributed by atoms with Gasteiger partial charge in [-0.3, -0.25) is 4.79 Å². The zero-order valence-corrected chi connectivity index (χ0v) is 10.1. The van der Waals surface area contributed by atoms with Gasteiger partial charge in [-0.2, -0.15) is 0 Å². The Morgan fingerprint density at radius 3 is 2.44 bits per heavy atom. The molecule has 0 aromatic heterocycles. The maximum atomic E-state index is 13.4. The topological polar surface area (TPSA) is 26.3 Å². The second kappa shape index (κ2) is 4.64. The SMILES string of the molecule is COc1ccc(C(=O)CC(C)(C)C)cc1F. The van der Waals surface area contributed by atoms with E-state index in [1.165, 1.54) is 19.2 Å². The van der Waals surface area contributed by atoms with Gasteiger partial charge in [0, 0.05) is 12.0 Å². The second-order valence-electron chi connectivity index (χ2n) is 5.01. The van der Waals surface area contributed by atoms with Crippen molar-refractivity contribution in [1.29, 1.82) is 0 Å². The van der Waals surface area contributed by atoms with Gasteiger partial charge < -0.3 is 4.74 Å². The van der Waals surface area contributed by atoms with Crippen LogP contribution in [0.4, 0.5) is 4.39 Å². The number of benzene rings is 1. The molecular weight excluding hydrogens is 207 g/mol. The molecule has 0 aliphatic heterocycles. The number of ether oxygens (including phenoxy) is 1. The molecule has 0 amide bonds. The van der Waals surface area contributed by atoms with Gasteiger partial charge in [-0.1, -0.05) is 20.8 Å². The lowest BCUT2D eigenvalue weighted by Gasteiger charge is -2.16. The molecule has 0 saturated heterocycles. The van der Waals surface area contributed by atoms with E-state index in [1.54, 1.807) is 6.07 Å². The van der Waals surface area contributed by atoms with Crippen LogP contribution in [0.5, 0.6) is 5.75 Å².